The van der Waals surface area contributed by atoms with E-state index in [1.54, 1.807) is 0 Å². The minimum atomic E-state index is 0.147. The van der Waals surface area contributed by atoms with Crippen molar-refractivity contribution in [3.8, 4) is 0 Å². The van der Waals surface area contributed by atoms with Crippen molar-refractivity contribution in [1.82, 2.24) is 4.90 Å². The van der Waals surface area contributed by atoms with E-state index < -0.39 is 0 Å². The Morgan fingerprint density at radius 1 is 1.11 bits per heavy atom. The van der Waals surface area contributed by atoms with E-state index >= 15 is 0 Å². The van der Waals surface area contributed by atoms with Gasteiger partial charge in [0, 0.05) is 13.0 Å². The molecule has 2 aliphatic heterocycles. The highest BCUT2D eigenvalue weighted by atomic mass is 16.5. The summed E-state index contributed by atoms with van der Waals surface area (Å²) < 4.78 is 5.46. The van der Waals surface area contributed by atoms with Crippen molar-refractivity contribution < 1.29 is 9.53 Å². The Kier molecular flexibility index (Phi) is 4.23. The van der Waals surface area contributed by atoms with E-state index in [0.29, 0.717) is 30.8 Å². The quantitative estimate of drug-likeness (QED) is 0.768. The standard InChI is InChI=1S/C16H27NO2/c18-15-4-11-19-13-14(15)12-17-9-7-16(8-10-17)5-2-1-3-6-16/h14H,1-13H2. The Hall–Kier alpha value is -0.410. The first kappa shape index (κ1) is 13.6. The van der Waals surface area contributed by atoms with E-state index in [1.165, 1.54) is 58.0 Å². The average molecular weight is 265 g/mol. The van der Waals surface area contributed by atoms with Gasteiger partial charge in [0.05, 0.1) is 19.1 Å². The van der Waals surface area contributed by atoms with Gasteiger partial charge in [0.2, 0.25) is 0 Å². The summed E-state index contributed by atoms with van der Waals surface area (Å²) >= 11 is 0. The summed E-state index contributed by atoms with van der Waals surface area (Å²) in [6.07, 6.45) is 10.6. The lowest BCUT2D eigenvalue weighted by Crippen LogP contribution is -2.45. The fraction of sp³-hybridized carbons (Fsp3) is 0.938. The van der Waals surface area contributed by atoms with Gasteiger partial charge in [-0.2, -0.15) is 0 Å². The van der Waals surface area contributed by atoms with Crippen molar-refractivity contribution in [2.45, 2.75) is 51.4 Å². The molecule has 0 aromatic heterocycles. The molecule has 108 valence electrons. The SMILES string of the molecule is O=C1CCOCC1CN1CCC2(CCCCC2)CC1. The molecular weight excluding hydrogens is 238 g/mol. The van der Waals surface area contributed by atoms with Gasteiger partial charge in [0.1, 0.15) is 5.78 Å². The smallest absolute Gasteiger partial charge is 0.141 e. The molecule has 3 rings (SSSR count). The zero-order valence-electron chi connectivity index (χ0n) is 12.0. The molecule has 1 saturated carbocycles. The van der Waals surface area contributed by atoms with Crippen LogP contribution in [0.1, 0.15) is 51.4 Å². The zero-order chi connectivity index (χ0) is 13.1. The third-order valence-electron chi connectivity index (χ3n) is 5.58. The van der Waals surface area contributed by atoms with Gasteiger partial charge in [-0.15, -0.1) is 0 Å². The topological polar surface area (TPSA) is 29.5 Å². The fourth-order valence-electron chi connectivity index (χ4n) is 4.17. The minimum absolute atomic E-state index is 0.147. The van der Waals surface area contributed by atoms with Gasteiger partial charge < -0.3 is 9.64 Å². The fourth-order valence-corrected chi connectivity index (χ4v) is 4.17. The number of ketones is 1. The minimum Gasteiger partial charge on any atom is -0.380 e. The van der Waals surface area contributed by atoms with Crippen molar-refractivity contribution in [3.05, 3.63) is 0 Å². The predicted molar refractivity (Wildman–Crippen MR) is 75.1 cm³/mol. The summed E-state index contributed by atoms with van der Waals surface area (Å²) in [6.45, 7) is 4.63. The van der Waals surface area contributed by atoms with Gasteiger partial charge in [0.25, 0.3) is 0 Å². The first-order chi connectivity index (χ1) is 9.27. The first-order valence-corrected chi connectivity index (χ1v) is 8.10. The Morgan fingerprint density at radius 2 is 1.84 bits per heavy atom. The lowest BCUT2D eigenvalue weighted by atomic mass is 9.68. The number of carbonyl (C=O) groups excluding carboxylic acids is 1. The number of piperidine rings is 1. The lowest BCUT2D eigenvalue weighted by molar-refractivity contribution is -0.131. The van der Waals surface area contributed by atoms with Gasteiger partial charge in [-0.25, -0.2) is 0 Å². The molecule has 0 aromatic rings. The summed E-state index contributed by atoms with van der Waals surface area (Å²) in [5.74, 6) is 0.568. The Balaban J connectivity index is 1.48. The van der Waals surface area contributed by atoms with E-state index in [1.807, 2.05) is 0 Å². The molecule has 0 amide bonds. The maximum absolute atomic E-state index is 11.9. The Bertz CT molecular complexity index is 313. The maximum Gasteiger partial charge on any atom is 0.141 e. The second kappa shape index (κ2) is 5.92. The second-order valence-electron chi connectivity index (χ2n) is 6.85. The molecule has 1 unspecified atom stereocenters. The molecule has 3 aliphatic rings. The largest absolute Gasteiger partial charge is 0.380 e. The van der Waals surface area contributed by atoms with Crippen molar-refractivity contribution in [2.75, 3.05) is 32.8 Å². The van der Waals surface area contributed by atoms with Crippen LogP contribution in [0.3, 0.4) is 0 Å². The van der Waals surface area contributed by atoms with Crippen LogP contribution in [0.15, 0.2) is 0 Å². The third kappa shape index (κ3) is 3.19. The monoisotopic (exact) mass is 265 g/mol. The van der Waals surface area contributed by atoms with E-state index in [-0.39, 0.29) is 5.92 Å². The van der Waals surface area contributed by atoms with Crippen molar-refractivity contribution in [1.29, 1.82) is 0 Å². The molecule has 1 atom stereocenters. The summed E-state index contributed by atoms with van der Waals surface area (Å²) in [4.78, 5) is 14.4. The molecular formula is C16H27NO2. The summed E-state index contributed by atoms with van der Waals surface area (Å²) in [5, 5.41) is 0. The van der Waals surface area contributed by atoms with Crippen LogP contribution in [-0.4, -0.2) is 43.5 Å². The van der Waals surface area contributed by atoms with Crippen LogP contribution in [0.4, 0.5) is 0 Å². The first-order valence-electron chi connectivity index (χ1n) is 8.10. The molecule has 2 saturated heterocycles. The van der Waals surface area contributed by atoms with Crippen LogP contribution in [0.25, 0.3) is 0 Å². The van der Waals surface area contributed by atoms with Gasteiger partial charge in [-0.05, 0) is 44.2 Å². The molecule has 0 radical (unpaired) electrons. The van der Waals surface area contributed by atoms with Gasteiger partial charge in [0.15, 0.2) is 0 Å². The molecule has 1 aliphatic carbocycles. The van der Waals surface area contributed by atoms with E-state index in [2.05, 4.69) is 4.90 Å². The van der Waals surface area contributed by atoms with Gasteiger partial charge in [-0.1, -0.05) is 19.3 Å². The molecule has 3 fully saturated rings. The molecule has 3 heteroatoms. The number of hydrogen-bond donors (Lipinski definition) is 0. The van der Waals surface area contributed by atoms with Gasteiger partial charge in [-0.3, -0.25) is 4.79 Å². The van der Waals surface area contributed by atoms with E-state index in [4.69, 9.17) is 4.74 Å². The van der Waals surface area contributed by atoms with E-state index in [9.17, 15) is 4.79 Å². The number of Topliss-reactive ketones (excluding diaryl/α,β-unsaturated/α-hetero) is 1. The summed E-state index contributed by atoms with van der Waals surface area (Å²) in [5.41, 5.74) is 0.668. The summed E-state index contributed by atoms with van der Waals surface area (Å²) in [6, 6.07) is 0. The average Bonchev–Trinajstić information content (AvgIpc) is 2.45. The molecule has 0 bridgehead atoms. The number of nitrogens with zero attached hydrogens (tertiary/aromatic N) is 1. The highest BCUT2D eigenvalue weighted by molar-refractivity contribution is 5.82. The number of hydrogen-bond acceptors (Lipinski definition) is 3. The second-order valence-corrected chi connectivity index (χ2v) is 6.85. The molecule has 0 N–H and O–H groups in total. The van der Waals surface area contributed by atoms with Crippen molar-refractivity contribution in [3.63, 3.8) is 0 Å². The van der Waals surface area contributed by atoms with Crippen LogP contribution in [0.2, 0.25) is 0 Å². The number of ether oxygens (including phenoxy) is 1. The van der Waals surface area contributed by atoms with Crippen LogP contribution in [0, 0.1) is 11.3 Å². The zero-order valence-corrected chi connectivity index (χ0v) is 12.0. The van der Waals surface area contributed by atoms with Crippen LogP contribution >= 0.6 is 0 Å². The normalized spacial score (nSPS) is 32.6. The molecule has 3 nitrogen and oxygen atoms in total. The summed E-state index contributed by atoms with van der Waals surface area (Å²) in [7, 11) is 0. The number of likely N-dealkylation sites (tertiary alicyclic amines) is 1. The molecule has 1 spiro atoms. The number of carbonyl (C=O) groups is 1. The molecule has 2 heterocycles. The number of rotatable bonds is 2. The highest BCUT2D eigenvalue weighted by Gasteiger charge is 2.36. The highest BCUT2D eigenvalue weighted by Crippen LogP contribution is 2.44. The Labute approximate surface area is 116 Å². The molecule has 19 heavy (non-hydrogen) atoms. The predicted octanol–water partition coefficient (Wildman–Crippen LogP) is 2.64. The van der Waals surface area contributed by atoms with Crippen molar-refractivity contribution in [2.24, 2.45) is 11.3 Å². The maximum atomic E-state index is 11.9. The lowest BCUT2D eigenvalue weighted by Gasteiger charge is -2.45. The molecule has 0 aromatic carbocycles. The third-order valence-corrected chi connectivity index (χ3v) is 5.58. The van der Waals surface area contributed by atoms with Crippen molar-refractivity contribution >= 4 is 5.78 Å². The Morgan fingerprint density at radius 3 is 2.53 bits per heavy atom. The van der Waals surface area contributed by atoms with Gasteiger partial charge >= 0.3 is 0 Å². The van der Waals surface area contributed by atoms with Crippen LogP contribution in [0.5, 0.6) is 0 Å². The van der Waals surface area contributed by atoms with Crippen LogP contribution in [-0.2, 0) is 9.53 Å². The van der Waals surface area contributed by atoms with Crippen LogP contribution < -0.4 is 0 Å². The van der Waals surface area contributed by atoms with E-state index in [0.717, 1.165) is 6.54 Å².